The molecule has 3 nitrogen and oxygen atoms in total. The summed E-state index contributed by atoms with van der Waals surface area (Å²) < 4.78 is 7.55. The Morgan fingerprint density at radius 2 is 2.05 bits per heavy atom. The van der Waals surface area contributed by atoms with Crippen molar-refractivity contribution < 1.29 is 4.74 Å². The molecule has 1 saturated carbocycles. The minimum Gasteiger partial charge on any atom is -0.369 e. The molecule has 1 unspecified atom stereocenters. The SMILES string of the molecule is c1ccc2sc(C3CNCC4(CCCCC4)CO3)nc2c1. The molecule has 1 aromatic carbocycles. The average molecular weight is 302 g/mol. The fourth-order valence-corrected chi connectivity index (χ4v) is 4.68. The van der Waals surface area contributed by atoms with Crippen molar-refractivity contribution in [2.45, 2.75) is 38.2 Å². The van der Waals surface area contributed by atoms with Gasteiger partial charge in [-0.2, -0.15) is 0 Å². The fourth-order valence-electron chi connectivity index (χ4n) is 3.66. The molecule has 1 saturated heterocycles. The topological polar surface area (TPSA) is 34.1 Å². The Balaban J connectivity index is 1.53. The van der Waals surface area contributed by atoms with E-state index in [9.17, 15) is 0 Å². The molecule has 4 rings (SSSR count). The number of hydrogen-bond acceptors (Lipinski definition) is 4. The van der Waals surface area contributed by atoms with Crippen molar-refractivity contribution in [3.05, 3.63) is 29.3 Å². The van der Waals surface area contributed by atoms with E-state index < -0.39 is 0 Å². The lowest BCUT2D eigenvalue weighted by atomic mass is 9.75. The van der Waals surface area contributed by atoms with E-state index in [0.717, 1.165) is 30.2 Å². The van der Waals surface area contributed by atoms with Crippen molar-refractivity contribution in [1.29, 1.82) is 0 Å². The number of hydrogen-bond donors (Lipinski definition) is 1. The number of nitrogens with zero attached hydrogens (tertiary/aromatic N) is 1. The maximum atomic E-state index is 6.30. The van der Waals surface area contributed by atoms with Crippen LogP contribution in [0.4, 0.5) is 0 Å². The number of para-hydroxylation sites is 1. The number of fused-ring (bicyclic) bond motifs is 1. The first-order chi connectivity index (χ1) is 10.3. The lowest BCUT2D eigenvalue weighted by Gasteiger charge is -2.35. The third kappa shape index (κ3) is 2.72. The Hall–Kier alpha value is -0.970. The van der Waals surface area contributed by atoms with Crippen LogP contribution in [0.25, 0.3) is 10.2 Å². The van der Waals surface area contributed by atoms with Crippen molar-refractivity contribution in [3.8, 4) is 0 Å². The van der Waals surface area contributed by atoms with Gasteiger partial charge < -0.3 is 10.1 Å². The fraction of sp³-hybridized carbons (Fsp3) is 0.588. The first kappa shape index (κ1) is 13.7. The van der Waals surface area contributed by atoms with Crippen LogP contribution in [0.3, 0.4) is 0 Å². The van der Waals surface area contributed by atoms with E-state index >= 15 is 0 Å². The predicted molar refractivity (Wildman–Crippen MR) is 86.7 cm³/mol. The van der Waals surface area contributed by atoms with E-state index in [-0.39, 0.29) is 6.10 Å². The number of benzene rings is 1. The molecule has 0 radical (unpaired) electrons. The van der Waals surface area contributed by atoms with Crippen LogP contribution in [-0.4, -0.2) is 24.7 Å². The van der Waals surface area contributed by atoms with Gasteiger partial charge in [0.05, 0.1) is 16.8 Å². The lowest BCUT2D eigenvalue weighted by molar-refractivity contribution is -0.00140. The van der Waals surface area contributed by atoms with Crippen molar-refractivity contribution >= 4 is 21.6 Å². The largest absolute Gasteiger partial charge is 0.369 e. The van der Waals surface area contributed by atoms with Crippen LogP contribution in [0.15, 0.2) is 24.3 Å². The number of nitrogens with one attached hydrogen (secondary N) is 1. The van der Waals surface area contributed by atoms with Gasteiger partial charge in [-0.05, 0) is 25.0 Å². The molecule has 1 N–H and O–H groups in total. The summed E-state index contributed by atoms with van der Waals surface area (Å²) in [6.07, 6.45) is 6.85. The summed E-state index contributed by atoms with van der Waals surface area (Å²) >= 11 is 1.77. The van der Waals surface area contributed by atoms with Crippen molar-refractivity contribution in [2.24, 2.45) is 5.41 Å². The van der Waals surface area contributed by atoms with Crippen molar-refractivity contribution in [3.63, 3.8) is 0 Å². The highest BCUT2D eigenvalue weighted by atomic mass is 32.1. The quantitative estimate of drug-likeness (QED) is 0.867. The molecular formula is C17H22N2OS. The van der Waals surface area contributed by atoms with Gasteiger partial charge in [-0.3, -0.25) is 0 Å². The Kier molecular flexibility index (Phi) is 3.69. The van der Waals surface area contributed by atoms with Gasteiger partial charge in [-0.1, -0.05) is 31.4 Å². The maximum absolute atomic E-state index is 6.30. The van der Waals surface area contributed by atoms with Crippen molar-refractivity contribution in [2.75, 3.05) is 19.7 Å². The van der Waals surface area contributed by atoms with Crippen LogP contribution in [0.2, 0.25) is 0 Å². The predicted octanol–water partition coefficient (Wildman–Crippen LogP) is 3.91. The van der Waals surface area contributed by atoms with Crippen molar-refractivity contribution in [1.82, 2.24) is 10.3 Å². The highest BCUT2D eigenvalue weighted by molar-refractivity contribution is 7.18. The zero-order valence-corrected chi connectivity index (χ0v) is 13.1. The Bertz CT molecular complexity index is 585. The second-order valence-corrected chi connectivity index (χ2v) is 7.57. The van der Waals surface area contributed by atoms with Crippen LogP contribution in [0.5, 0.6) is 0 Å². The Morgan fingerprint density at radius 1 is 1.19 bits per heavy atom. The van der Waals surface area contributed by atoms with Gasteiger partial charge in [0.25, 0.3) is 0 Å². The Labute approximate surface area is 129 Å². The molecule has 1 aromatic heterocycles. The first-order valence-corrected chi connectivity index (χ1v) is 8.84. The summed E-state index contributed by atoms with van der Waals surface area (Å²) in [4.78, 5) is 4.77. The summed E-state index contributed by atoms with van der Waals surface area (Å²) in [5.41, 5.74) is 1.47. The van der Waals surface area contributed by atoms with Crippen LogP contribution >= 0.6 is 11.3 Å². The number of rotatable bonds is 1. The standard InChI is InChI=1S/C17H22N2OS/c1-4-8-17(9-5-1)11-18-10-14(20-12-17)16-19-13-6-2-3-7-15(13)21-16/h2-3,6-7,14,18H,1,4-5,8-12H2. The average Bonchev–Trinajstić information content (AvgIpc) is 2.85. The van der Waals surface area contributed by atoms with Gasteiger partial charge in [0.1, 0.15) is 11.1 Å². The third-order valence-electron chi connectivity index (χ3n) is 4.92. The maximum Gasteiger partial charge on any atom is 0.124 e. The van der Waals surface area contributed by atoms with E-state index in [1.165, 1.54) is 36.8 Å². The monoisotopic (exact) mass is 302 g/mol. The molecule has 2 fully saturated rings. The highest BCUT2D eigenvalue weighted by Crippen LogP contribution is 2.39. The van der Waals surface area contributed by atoms with Gasteiger partial charge in [-0.15, -0.1) is 11.3 Å². The minimum atomic E-state index is 0.115. The first-order valence-electron chi connectivity index (χ1n) is 8.03. The lowest BCUT2D eigenvalue weighted by Crippen LogP contribution is -2.37. The zero-order valence-electron chi connectivity index (χ0n) is 12.3. The number of thiazole rings is 1. The number of aromatic nitrogens is 1. The van der Waals surface area contributed by atoms with Gasteiger partial charge in [-0.25, -0.2) is 4.98 Å². The molecular weight excluding hydrogens is 280 g/mol. The van der Waals surface area contributed by atoms with E-state index in [4.69, 9.17) is 9.72 Å². The molecule has 2 heterocycles. The summed E-state index contributed by atoms with van der Waals surface area (Å²) in [5.74, 6) is 0. The molecule has 0 amide bonds. The second-order valence-electron chi connectivity index (χ2n) is 6.51. The van der Waals surface area contributed by atoms with Crippen LogP contribution < -0.4 is 5.32 Å². The number of ether oxygens (including phenoxy) is 1. The Morgan fingerprint density at radius 3 is 2.90 bits per heavy atom. The zero-order chi connectivity index (χ0) is 14.1. The smallest absolute Gasteiger partial charge is 0.124 e. The van der Waals surface area contributed by atoms with E-state index in [0.29, 0.717) is 5.41 Å². The van der Waals surface area contributed by atoms with E-state index in [1.54, 1.807) is 11.3 Å². The second kappa shape index (κ2) is 5.67. The molecule has 2 aromatic rings. The molecule has 112 valence electrons. The summed E-state index contributed by atoms with van der Waals surface area (Å²) in [6.45, 7) is 2.89. The van der Waals surface area contributed by atoms with Gasteiger partial charge >= 0.3 is 0 Å². The van der Waals surface area contributed by atoms with Gasteiger partial charge in [0.2, 0.25) is 0 Å². The summed E-state index contributed by atoms with van der Waals surface area (Å²) in [5, 5.41) is 4.76. The van der Waals surface area contributed by atoms with E-state index in [1.807, 2.05) is 0 Å². The molecule has 1 aliphatic heterocycles. The van der Waals surface area contributed by atoms with Crippen LogP contribution in [0.1, 0.15) is 43.2 Å². The molecule has 21 heavy (non-hydrogen) atoms. The molecule has 1 atom stereocenters. The van der Waals surface area contributed by atoms with Gasteiger partial charge in [0.15, 0.2) is 0 Å². The van der Waals surface area contributed by atoms with Gasteiger partial charge in [0, 0.05) is 18.5 Å². The summed E-state index contributed by atoms with van der Waals surface area (Å²) in [7, 11) is 0. The van der Waals surface area contributed by atoms with Crippen LogP contribution in [0, 0.1) is 5.41 Å². The normalized spacial score (nSPS) is 26.0. The van der Waals surface area contributed by atoms with Crippen LogP contribution in [-0.2, 0) is 4.74 Å². The molecule has 1 spiro atoms. The third-order valence-corrected chi connectivity index (χ3v) is 6.05. The molecule has 1 aliphatic carbocycles. The molecule has 0 bridgehead atoms. The minimum absolute atomic E-state index is 0.115. The summed E-state index contributed by atoms with van der Waals surface area (Å²) in [6, 6.07) is 8.36. The highest BCUT2D eigenvalue weighted by Gasteiger charge is 2.35. The van der Waals surface area contributed by atoms with E-state index in [2.05, 4.69) is 29.6 Å². The molecule has 2 aliphatic rings. The molecule has 4 heteroatoms.